The Morgan fingerprint density at radius 1 is 1.05 bits per heavy atom. The second-order valence-corrected chi connectivity index (χ2v) is 6.01. The lowest BCUT2D eigenvalue weighted by molar-refractivity contribution is 0.219. The third-order valence-electron chi connectivity index (χ3n) is 4.48. The van der Waals surface area contributed by atoms with E-state index in [9.17, 15) is 0 Å². The predicted molar refractivity (Wildman–Crippen MR) is 83.5 cm³/mol. The Hall–Kier alpha value is -0.820. The Balaban J connectivity index is 1.67. The van der Waals surface area contributed by atoms with Crippen molar-refractivity contribution in [2.75, 3.05) is 19.6 Å². The molecule has 1 unspecified atom stereocenters. The van der Waals surface area contributed by atoms with Crippen LogP contribution in [0.15, 0.2) is 30.3 Å². The zero-order valence-electron chi connectivity index (χ0n) is 12.5. The highest BCUT2D eigenvalue weighted by atomic mass is 15.1. The molecular formula is C18H29N. The first-order chi connectivity index (χ1) is 9.38. The van der Waals surface area contributed by atoms with Gasteiger partial charge in [-0.15, -0.1) is 0 Å². The van der Waals surface area contributed by atoms with E-state index in [1.165, 1.54) is 70.1 Å². The van der Waals surface area contributed by atoms with Gasteiger partial charge < -0.3 is 4.90 Å². The maximum atomic E-state index is 2.67. The third-order valence-corrected chi connectivity index (χ3v) is 4.48. The fourth-order valence-electron chi connectivity index (χ4n) is 3.18. The molecule has 0 spiro atoms. The molecule has 0 aromatic heterocycles. The van der Waals surface area contributed by atoms with Gasteiger partial charge in [-0.1, -0.05) is 50.1 Å². The first-order valence-corrected chi connectivity index (χ1v) is 8.14. The van der Waals surface area contributed by atoms with Crippen LogP contribution in [-0.4, -0.2) is 24.5 Å². The van der Waals surface area contributed by atoms with Crippen molar-refractivity contribution in [3.05, 3.63) is 35.9 Å². The lowest BCUT2D eigenvalue weighted by Gasteiger charge is -2.27. The summed E-state index contributed by atoms with van der Waals surface area (Å²) in [4.78, 5) is 2.67. The standard InChI is InChI=1S/C18H29N/c1-2-17(16-18-10-5-3-6-11-18)12-9-15-19-13-7-4-8-14-19/h3,5-6,10-11,17H,2,4,7-9,12-16H2,1H3. The summed E-state index contributed by atoms with van der Waals surface area (Å²) in [5.74, 6) is 0.868. The quantitative estimate of drug-likeness (QED) is 0.696. The van der Waals surface area contributed by atoms with E-state index in [0.717, 1.165) is 5.92 Å². The fourth-order valence-corrected chi connectivity index (χ4v) is 3.18. The van der Waals surface area contributed by atoms with Crippen molar-refractivity contribution in [1.82, 2.24) is 4.90 Å². The smallest absolute Gasteiger partial charge is 0.00186 e. The van der Waals surface area contributed by atoms with E-state index in [0.29, 0.717) is 0 Å². The van der Waals surface area contributed by atoms with E-state index in [2.05, 4.69) is 42.2 Å². The van der Waals surface area contributed by atoms with Gasteiger partial charge in [0.2, 0.25) is 0 Å². The van der Waals surface area contributed by atoms with E-state index in [1.807, 2.05) is 0 Å². The van der Waals surface area contributed by atoms with E-state index >= 15 is 0 Å². The van der Waals surface area contributed by atoms with Crippen LogP contribution in [0.2, 0.25) is 0 Å². The first kappa shape index (κ1) is 14.6. The zero-order valence-corrected chi connectivity index (χ0v) is 12.5. The Labute approximate surface area is 119 Å². The molecule has 1 aromatic carbocycles. The first-order valence-electron chi connectivity index (χ1n) is 8.14. The average Bonchev–Trinajstić information content (AvgIpc) is 2.48. The molecule has 0 N–H and O–H groups in total. The second-order valence-electron chi connectivity index (χ2n) is 6.01. The minimum Gasteiger partial charge on any atom is -0.303 e. The molecule has 0 radical (unpaired) electrons. The highest BCUT2D eigenvalue weighted by molar-refractivity contribution is 5.15. The van der Waals surface area contributed by atoms with Crippen LogP contribution in [0.4, 0.5) is 0 Å². The number of piperidine rings is 1. The van der Waals surface area contributed by atoms with Gasteiger partial charge in [0.1, 0.15) is 0 Å². The molecule has 0 aliphatic carbocycles. The Morgan fingerprint density at radius 3 is 2.47 bits per heavy atom. The lowest BCUT2D eigenvalue weighted by atomic mass is 9.92. The molecule has 0 bridgehead atoms. The summed E-state index contributed by atoms with van der Waals surface area (Å²) in [6.45, 7) is 6.35. The molecule has 1 fully saturated rings. The van der Waals surface area contributed by atoms with E-state index in [4.69, 9.17) is 0 Å². The summed E-state index contributed by atoms with van der Waals surface area (Å²) in [5, 5.41) is 0. The number of hydrogen-bond acceptors (Lipinski definition) is 1. The molecular weight excluding hydrogens is 230 g/mol. The maximum Gasteiger partial charge on any atom is -0.00186 e. The minimum absolute atomic E-state index is 0.868. The highest BCUT2D eigenvalue weighted by Crippen LogP contribution is 2.18. The highest BCUT2D eigenvalue weighted by Gasteiger charge is 2.11. The molecule has 1 heterocycles. The molecule has 106 valence electrons. The lowest BCUT2D eigenvalue weighted by Crippen LogP contribution is -2.30. The Kier molecular flexibility index (Phi) is 6.43. The van der Waals surface area contributed by atoms with Crippen LogP contribution in [0.1, 0.15) is 51.0 Å². The molecule has 0 amide bonds. The van der Waals surface area contributed by atoms with Gasteiger partial charge in [0, 0.05) is 0 Å². The molecule has 2 rings (SSSR count). The van der Waals surface area contributed by atoms with Crippen LogP contribution < -0.4 is 0 Å². The van der Waals surface area contributed by atoms with Crippen molar-refractivity contribution in [1.29, 1.82) is 0 Å². The second kappa shape index (κ2) is 8.37. The summed E-state index contributed by atoms with van der Waals surface area (Å²) < 4.78 is 0. The SMILES string of the molecule is CCC(CCCN1CCCCC1)Cc1ccccc1. The van der Waals surface area contributed by atoms with Gasteiger partial charge in [0.15, 0.2) is 0 Å². The molecule has 1 atom stereocenters. The predicted octanol–water partition coefficient (Wildman–Crippen LogP) is 4.52. The van der Waals surface area contributed by atoms with Crippen molar-refractivity contribution in [3.8, 4) is 0 Å². The Morgan fingerprint density at radius 2 is 1.79 bits per heavy atom. The van der Waals surface area contributed by atoms with Crippen LogP contribution in [0.3, 0.4) is 0 Å². The molecule has 19 heavy (non-hydrogen) atoms. The van der Waals surface area contributed by atoms with E-state index in [-0.39, 0.29) is 0 Å². The van der Waals surface area contributed by atoms with E-state index in [1.54, 1.807) is 0 Å². The molecule has 1 aromatic rings. The minimum atomic E-state index is 0.868. The van der Waals surface area contributed by atoms with Gasteiger partial charge in [-0.3, -0.25) is 0 Å². The van der Waals surface area contributed by atoms with Crippen LogP contribution in [0.25, 0.3) is 0 Å². The topological polar surface area (TPSA) is 3.24 Å². The molecule has 1 saturated heterocycles. The Bertz CT molecular complexity index is 327. The summed E-state index contributed by atoms with van der Waals surface area (Å²) >= 11 is 0. The molecule has 1 aliphatic heterocycles. The monoisotopic (exact) mass is 259 g/mol. The van der Waals surface area contributed by atoms with Crippen molar-refractivity contribution in [3.63, 3.8) is 0 Å². The van der Waals surface area contributed by atoms with Gasteiger partial charge in [-0.2, -0.15) is 0 Å². The summed E-state index contributed by atoms with van der Waals surface area (Å²) in [5.41, 5.74) is 1.51. The van der Waals surface area contributed by atoms with Crippen LogP contribution in [0, 0.1) is 5.92 Å². The van der Waals surface area contributed by atoms with Crippen molar-refractivity contribution < 1.29 is 0 Å². The van der Waals surface area contributed by atoms with Gasteiger partial charge >= 0.3 is 0 Å². The molecule has 0 saturated carbocycles. The average molecular weight is 259 g/mol. The van der Waals surface area contributed by atoms with Crippen LogP contribution >= 0.6 is 0 Å². The number of benzene rings is 1. The number of hydrogen-bond donors (Lipinski definition) is 0. The molecule has 1 nitrogen and oxygen atoms in total. The van der Waals surface area contributed by atoms with Gasteiger partial charge in [-0.25, -0.2) is 0 Å². The van der Waals surface area contributed by atoms with Crippen molar-refractivity contribution >= 4 is 0 Å². The summed E-state index contributed by atoms with van der Waals surface area (Å²) in [6.07, 6.45) is 9.63. The zero-order chi connectivity index (χ0) is 13.3. The van der Waals surface area contributed by atoms with Crippen molar-refractivity contribution in [2.24, 2.45) is 5.92 Å². The van der Waals surface area contributed by atoms with Crippen LogP contribution in [0.5, 0.6) is 0 Å². The van der Waals surface area contributed by atoms with Gasteiger partial charge in [-0.05, 0) is 63.2 Å². The fraction of sp³-hybridized carbons (Fsp3) is 0.667. The van der Waals surface area contributed by atoms with Gasteiger partial charge in [0.25, 0.3) is 0 Å². The van der Waals surface area contributed by atoms with Crippen LogP contribution in [-0.2, 0) is 6.42 Å². The third kappa shape index (κ3) is 5.36. The normalized spacial score (nSPS) is 18.4. The van der Waals surface area contributed by atoms with Gasteiger partial charge in [0.05, 0.1) is 0 Å². The molecule has 1 aliphatic rings. The number of likely N-dealkylation sites (tertiary alicyclic amines) is 1. The van der Waals surface area contributed by atoms with Crippen molar-refractivity contribution in [2.45, 2.75) is 51.9 Å². The van der Waals surface area contributed by atoms with E-state index < -0.39 is 0 Å². The maximum absolute atomic E-state index is 2.67. The summed E-state index contributed by atoms with van der Waals surface area (Å²) in [6, 6.07) is 11.0. The number of nitrogens with zero attached hydrogens (tertiary/aromatic N) is 1. The number of rotatable bonds is 7. The largest absolute Gasteiger partial charge is 0.303 e. The summed E-state index contributed by atoms with van der Waals surface area (Å²) in [7, 11) is 0. The molecule has 1 heteroatoms.